The second-order valence-electron chi connectivity index (χ2n) is 8.98. The highest BCUT2D eigenvalue weighted by Gasteiger charge is 2.28. The highest BCUT2D eigenvalue weighted by molar-refractivity contribution is 5.79. The van der Waals surface area contributed by atoms with Gasteiger partial charge in [-0.15, -0.1) is 5.10 Å². The van der Waals surface area contributed by atoms with Crippen molar-refractivity contribution in [1.82, 2.24) is 30.1 Å². The molecule has 0 unspecified atom stereocenters. The van der Waals surface area contributed by atoms with Crippen LogP contribution in [0.15, 0.2) is 51.9 Å². The molecule has 1 aromatic carbocycles. The fraction of sp³-hybridized carbons (Fsp3) is 0.440. The summed E-state index contributed by atoms with van der Waals surface area (Å²) in [5.74, 6) is 1.60. The fourth-order valence-corrected chi connectivity index (χ4v) is 4.75. The third-order valence-electron chi connectivity index (χ3n) is 6.47. The van der Waals surface area contributed by atoms with Crippen LogP contribution in [0.4, 0.5) is 0 Å². The van der Waals surface area contributed by atoms with Crippen LogP contribution in [0.3, 0.4) is 0 Å². The molecule has 4 heterocycles. The zero-order valence-electron chi connectivity index (χ0n) is 19.6. The number of pyridine rings is 1. The van der Waals surface area contributed by atoms with Gasteiger partial charge in [-0.3, -0.25) is 9.69 Å². The van der Waals surface area contributed by atoms with Gasteiger partial charge in [-0.1, -0.05) is 18.6 Å². The summed E-state index contributed by atoms with van der Waals surface area (Å²) in [6.07, 6.45) is 4.65. The van der Waals surface area contributed by atoms with E-state index in [0.717, 1.165) is 53.9 Å². The van der Waals surface area contributed by atoms with Crippen molar-refractivity contribution in [3.63, 3.8) is 0 Å². The van der Waals surface area contributed by atoms with E-state index < -0.39 is 0 Å². The van der Waals surface area contributed by atoms with Crippen molar-refractivity contribution in [3.8, 4) is 0 Å². The summed E-state index contributed by atoms with van der Waals surface area (Å²) in [5.41, 5.74) is 2.60. The highest BCUT2D eigenvalue weighted by atomic mass is 16.5. The van der Waals surface area contributed by atoms with Gasteiger partial charge in [0.25, 0.3) is 5.56 Å². The number of aromatic amines is 1. The average molecular weight is 463 g/mol. The van der Waals surface area contributed by atoms with Gasteiger partial charge >= 0.3 is 0 Å². The van der Waals surface area contributed by atoms with E-state index in [0.29, 0.717) is 25.2 Å². The summed E-state index contributed by atoms with van der Waals surface area (Å²) in [7, 11) is 0. The van der Waals surface area contributed by atoms with E-state index in [2.05, 4.69) is 45.3 Å². The van der Waals surface area contributed by atoms with Crippen molar-refractivity contribution >= 4 is 10.9 Å². The first kappa shape index (κ1) is 22.5. The molecule has 0 spiro atoms. The van der Waals surface area contributed by atoms with E-state index in [9.17, 15) is 4.79 Å². The smallest absolute Gasteiger partial charge is 0.252 e. The van der Waals surface area contributed by atoms with Crippen molar-refractivity contribution in [3.05, 3.63) is 75.7 Å². The van der Waals surface area contributed by atoms with Crippen LogP contribution in [0, 0.1) is 6.92 Å². The Balaban J connectivity index is 1.48. The molecule has 5 rings (SSSR count). The lowest BCUT2D eigenvalue weighted by Gasteiger charge is -2.29. The van der Waals surface area contributed by atoms with Gasteiger partial charge in [0.05, 0.1) is 31.5 Å². The molecule has 9 nitrogen and oxygen atoms in total. The Hall–Kier alpha value is -3.30. The number of rotatable bonds is 9. The Morgan fingerprint density at radius 2 is 2.18 bits per heavy atom. The van der Waals surface area contributed by atoms with Crippen LogP contribution < -0.4 is 5.56 Å². The van der Waals surface area contributed by atoms with E-state index in [-0.39, 0.29) is 17.7 Å². The monoisotopic (exact) mass is 462 g/mol. The zero-order valence-corrected chi connectivity index (χ0v) is 19.6. The number of H-pyrrole nitrogens is 1. The van der Waals surface area contributed by atoms with Crippen LogP contribution in [0.1, 0.15) is 54.9 Å². The highest BCUT2D eigenvalue weighted by Crippen LogP contribution is 2.27. The van der Waals surface area contributed by atoms with Gasteiger partial charge in [0, 0.05) is 24.2 Å². The molecule has 0 amide bonds. The topological polar surface area (TPSA) is 102 Å². The van der Waals surface area contributed by atoms with Crippen LogP contribution in [0.25, 0.3) is 10.9 Å². The second kappa shape index (κ2) is 9.90. The van der Waals surface area contributed by atoms with Gasteiger partial charge in [0.15, 0.2) is 5.82 Å². The summed E-state index contributed by atoms with van der Waals surface area (Å²) in [6, 6.07) is 11.7. The first-order valence-corrected chi connectivity index (χ1v) is 11.9. The normalized spacial score (nSPS) is 17.1. The van der Waals surface area contributed by atoms with E-state index in [1.54, 1.807) is 6.26 Å². The number of tetrazole rings is 1. The summed E-state index contributed by atoms with van der Waals surface area (Å²) in [4.78, 5) is 18.2. The molecule has 2 atom stereocenters. The molecular formula is C25H30N6O3. The lowest BCUT2D eigenvalue weighted by atomic mass is 10.1. The van der Waals surface area contributed by atoms with Gasteiger partial charge < -0.3 is 14.1 Å². The molecule has 0 bridgehead atoms. The standard InChI is InChI=1S/C25H30N6O3/c1-3-23(24-27-28-29-31(24)16-21-7-5-11-34-21)30(15-20-6-4-10-33-20)14-19-13-18-12-17(2)8-9-22(18)26-25(19)32/h4,6,8-10,12-13,21,23H,3,5,7,11,14-16H2,1-2H3,(H,26,32)/t21-,23+/m1/s1. The first-order valence-electron chi connectivity index (χ1n) is 11.9. The molecule has 3 aromatic heterocycles. The number of hydrogen-bond acceptors (Lipinski definition) is 7. The maximum Gasteiger partial charge on any atom is 0.252 e. The van der Waals surface area contributed by atoms with Crippen molar-refractivity contribution in [2.75, 3.05) is 6.61 Å². The minimum atomic E-state index is -0.103. The number of aryl methyl sites for hydroxylation is 1. The molecule has 178 valence electrons. The van der Waals surface area contributed by atoms with Crippen LogP contribution in [-0.4, -0.2) is 42.8 Å². The minimum Gasteiger partial charge on any atom is -0.468 e. The molecule has 0 radical (unpaired) electrons. The van der Waals surface area contributed by atoms with Gasteiger partial charge in [-0.05, 0) is 72.3 Å². The summed E-state index contributed by atoms with van der Waals surface area (Å²) < 4.78 is 13.3. The van der Waals surface area contributed by atoms with Crippen molar-refractivity contribution < 1.29 is 9.15 Å². The van der Waals surface area contributed by atoms with Gasteiger partial charge in [-0.25, -0.2) is 4.68 Å². The molecule has 4 aromatic rings. The minimum absolute atomic E-state index is 0.0883. The Morgan fingerprint density at radius 1 is 1.26 bits per heavy atom. The maximum atomic E-state index is 13.0. The molecule has 0 saturated carbocycles. The Kier molecular flexibility index (Phi) is 6.55. The van der Waals surface area contributed by atoms with Gasteiger partial charge in [0.1, 0.15) is 5.76 Å². The lowest BCUT2D eigenvalue weighted by molar-refractivity contribution is 0.0882. The SMILES string of the molecule is CC[C@@H](c1nnnn1C[C@H]1CCCO1)N(Cc1ccco1)Cc1cc2cc(C)ccc2[nH]c1=O. The molecule has 1 N–H and O–H groups in total. The second-order valence-corrected chi connectivity index (χ2v) is 8.98. The van der Waals surface area contributed by atoms with Crippen LogP contribution in [0.5, 0.6) is 0 Å². The lowest BCUT2D eigenvalue weighted by Crippen LogP contribution is -2.33. The number of aromatic nitrogens is 5. The van der Waals surface area contributed by atoms with Crippen LogP contribution in [-0.2, 0) is 24.4 Å². The van der Waals surface area contributed by atoms with E-state index >= 15 is 0 Å². The van der Waals surface area contributed by atoms with Crippen molar-refractivity contribution in [2.45, 2.75) is 64.9 Å². The maximum absolute atomic E-state index is 13.0. The quantitative estimate of drug-likeness (QED) is 0.404. The Labute approximate surface area is 197 Å². The predicted octanol–water partition coefficient (Wildman–Crippen LogP) is 3.75. The molecule has 34 heavy (non-hydrogen) atoms. The van der Waals surface area contributed by atoms with E-state index in [1.165, 1.54) is 0 Å². The summed E-state index contributed by atoms with van der Waals surface area (Å²) >= 11 is 0. The number of ether oxygens (including phenoxy) is 1. The van der Waals surface area contributed by atoms with Crippen LogP contribution in [0.2, 0.25) is 0 Å². The number of benzene rings is 1. The third kappa shape index (κ3) is 4.80. The van der Waals surface area contributed by atoms with Gasteiger partial charge in [0.2, 0.25) is 0 Å². The summed E-state index contributed by atoms with van der Waals surface area (Å²) in [6.45, 7) is 6.54. The van der Waals surface area contributed by atoms with Crippen molar-refractivity contribution in [1.29, 1.82) is 0 Å². The number of nitrogens with zero attached hydrogens (tertiary/aromatic N) is 5. The molecule has 1 aliphatic rings. The number of furan rings is 1. The Bertz CT molecular complexity index is 1290. The number of nitrogens with one attached hydrogen (secondary N) is 1. The van der Waals surface area contributed by atoms with E-state index in [1.807, 2.05) is 35.0 Å². The predicted molar refractivity (Wildman–Crippen MR) is 127 cm³/mol. The largest absolute Gasteiger partial charge is 0.468 e. The van der Waals surface area contributed by atoms with Crippen LogP contribution >= 0.6 is 0 Å². The molecule has 0 aliphatic carbocycles. The molecule has 1 aliphatic heterocycles. The zero-order chi connectivity index (χ0) is 23.5. The van der Waals surface area contributed by atoms with E-state index in [4.69, 9.17) is 9.15 Å². The number of fused-ring (bicyclic) bond motifs is 1. The van der Waals surface area contributed by atoms with Crippen molar-refractivity contribution in [2.24, 2.45) is 0 Å². The summed E-state index contributed by atoms with van der Waals surface area (Å²) in [5, 5.41) is 13.6. The fourth-order valence-electron chi connectivity index (χ4n) is 4.75. The molecule has 9 heteroatoms. The first-order chi connectivity index (χ1) is 16.6. The molecule has 1 saturated heterocycles. The molecular weight excluding hydrogens is 432 g/mol. The average Bonchev–Trinajstić information content (AvgIpc) is 3.60. The van der Waals surface area contributed by atoms with Gasteiger partial charge in [-0.2, -0.15) is 0 Å². The molecule has 1 fully saturated rings. The third-order valence-corrected chi connectivity index (χ3v) is 6.47. The Morgan fingerprint density at radius 3 is 2.94 bits per heavy atom. The number of hydrogen-bond donors (Lipinski definition) is 1.